The van der Waals surface area contributed by atoms with Crippen LogP contribution in [0.15, 0.2) is 0 Å². The summed E-state index contributed by atoms with van der Waals surface area (Å²) >= 11 is 3.69. The van der Waals surface area contributed by atoms with Crippen molar-refractivity contribution in [2.45, 2.75) is 47.0 Å². The predicted molar refractivity (Wildman–Crippen MR) is 58.7 cm³/mol. The minimum atomic E-state index is 0.590. The van der Waals surface area contributed by atoms with E-state index in [1.54, 1.807) is 0 Å². The lowest BCUT2D eigenvalue weighted by Gasteiger charge is -2.27. The Labute approximate surface area is 85.3 Å². The highest BCUT2D eigenvalue weighted by atomic mass is 79.9. The third-order valence-electron chi connectivity index (χ3n) is 3.99. The molecule has 0 N–H and O–H groups in total. The second-order valence-corrected chi connectivity index (χ2v) is 5.42. The van der Waals surface area contributed by atoms with Gasteiger partial charge >= 0.3 is 0 Å². The van der Waals surface area contributed by atoms with E-state index in [0.717, 1.165) is 5.92 Å². The normalized spacial score (nSPS) is 32.5. The molecule has 0 amide bonds. The molecular formula is C11H21Br. The third-order valence-corrected chi connectivity index (χ3v) is 4.99. The van der Waals surface area contributed by atoms with Crippen LogP contribution in [-0.2, 0) is 0 Å². The van der Waals surface area contributed by atoms with Crippen LogP contribution >= 0.6 is 15.9 Å². The lowest BCUT2D eigenvalue weighted by atomic mass is 9.81. The Bertz CT molecular complexity index is 158. The number of hydrogen-bond acceptors (Lipinski definition) is 0. The molecule has 1 heteroatoms. The molecule has 0 aliphatic heterocycles. The van der Waals surface area contributed by atoms with Crippen LogP contribution in [0.2, 0.25) is 0 Å². The Hall–Kier alpha value is 0.480. The van der Waals surface area contributed by atoms with Gasteiger partial charge in [-0.1, -0.05) is 56.5 Å². The molecule has 0 spiro atoms. The molecule has 1 fully saturated rings. The van der Waals surface area contributed by atoms with Crippen LogP contribution in [-0.4, -0.2) is 5.33 Å². The summed E-state index contributed by atoms with van der Waals surface area (Å²) in [7, 11) is 0. The quantitative estimate of drug-likeness (QED) is 0.637. The van der Waals surface area contributed by atoms with Gasteiger partial charge in [0.05, 0.1) is 0 Å². The van der Waals surface area contributed by atoms with Crippen molar-refractivity contribution < 1.29 is 0 Å². The SMILES string of the molecule is CCC(CC)C1(CBr)CC1(C)C. The van der Waals surface area contributed by atoms with E-state index < -0.39 is 0 Å². The molecule has 1 aliphatic carbocycles. The van der Waals surface area contributed by atoms with Gasteiger partial charge in [-0.3, -0.25) is 0 Å². The fourth-order valence-corrected chi connectivity index (χ4v) is 4.26. The summed E-state index contributed by atoms with van der Waals surface area (Å²) in [6.07, 6.45) is 4.09. The first-order chi connectivity index (χ1) is 5.54. The molecule has 0 aromatic rings. The van der Waals surface area contributed by atoms with E-state index in [1.165, 1.54) is 24.6 Å². The summed E-state index contributed by atoms with van der Waals surface area (Å²) in [5, 5.41) is 1.19. The van der Waals surface area contributed by atoms with Crippen molar-refractivity contribution >= 4 is 15.9 Å². The zero-order chi connectivity index (χ0) is 9.41. The van der Waals surface area contributed by atoms with Crippen molar-refractivity contribution in [1.29, 1.82) is 0 Å². The van der Waals surface area contributed by atoms with Gasteiger partial charge in [0, 0.05) is 5.33 Å². The van der Waals surface area contributed by atoms with E-state index >= 15 is 0 Å². The van der Waals surface area contributed by atoms with Crippen molar-refractivity contribution in [2.75, 3.05) is 5.33 Å². The Morgan fingerprint density at radius 1 is 1.25 bits per heavy atom. The molecule has 72 valence electrons. The number of alkyl halides is 1. The predicted octanol–water partition coefficient (Wildman–Crippen LogP) is 4.23. The molecule has 0 saturated heterocycles. The Balaban J connectivity index is 2.70. The molecule has 1 rings (SSSR count). The first-order valence-corrected chi connectivity index (χ1v) is 6.22. The molecule has 12 heavy (non-hydrogen) atoms. The maximum Gasteiger partial charge on any atom is 0.00959 e. The van der Waals surface area contributed by atoms with Crippen LogP contribution in [0, 0.1) is 16.7 Å². The summed E-state index contributed by atoms with van der Waals surface area (Å²) < 4.78 is 0. The zero-order valence-corrected chi connectivity index (χ0v) is 10.4. The summed E-state index contributed by atoms with van der Waals surface area (Å²) in [6.45, 7) is 9.47. The molecule has 1 aliphatic rings. The standard InChI is InChI=1S/C11H21Br/c1-5-9(6-2)11(8-12)7-10(11,3)4/h9H,5-8H2,1-4H3. The van der Waals surface area contributed by atoms with Crippen LogP contribution < -0.4 is 0 Å². The van der Waals surface area contributed by atoms with Gasteiger partial charge in [0.2, 0.25) is 0 Å². The smallest absolute Gasteiger partial charge is 0.00959 e. The van der Waals surface area contributed by atoms with Gasteiger partial charge in [0.1, 0.15) is 0 Å². The van der Waals surface area contributed by atoms with Crippen molar-refractivity contribution in [3.8, 4) is 0 Å². The van der Waals surface area contributed by atoms with Gasteiger partial charge in [-0.15, -0.1) is 0 Å². The highest BCUT2D eigenvalue weighted by Gasteiger charge is 2.62. The second kappa shape index (κ2) is 3.32. The van der Waals surface area contributed by atoms with E-state index in [2.05, 4.69) is 43.6 Å². The van der Waals surface area contributed by atoms with Gasteiger partial charge in [-0.2, -0.15) is 0 Å². The van der Waals surface area contributed by atoms with Crippen molar-refractivity contribution in [3.05, 3.63) is 0 Å². The number of halogens is 1. The average molecular weight is 233 g/mol. The monoisotopic (exact) mass is 232 g/mol. The summed E-state index contributed by atoms with van der Waals surface area (Å²) in [4.78, 5) is 0. The molecule has 0 bridgehead atoms. The van der Waals surface area contributed by atoms with Gasteiger partial charge in [0.15, 0.2) is 0 Å². The minimum absolute atomic E-state index is 0.590. The molecule has 0 heterocycles. The summed E-state index contributed by atoms with van der Waals surface area (Å²) in [6, 6.07) is 0. The van der Waals surface area contributed by atoms with Gasteiger partial charge < -0.3 is 0 Å². The molecule has 1 unspecified atom stereocenters. The maximum atomic E-state index is 3.69. The highest BCUT2D eigenvalue weighted by Crippen LogP contribution is 2.69. The van der Waals surface area contributed by atoms with Crippen LogP contribution in [0.1, 0.15) is 47.0 Å². The topological polar surface area (TPSA) is 0 Å². The fourth-order valence-electron chi connectivity index (χ4n) is 2.85. The molecule has 1 atom stereocenters. The number of hydrogen-bond donors (Lipinski definition) is 0. The second-order valence-electron chi connectivity index (χ2n) is 4.86. The third kappa shape index (κ3) is 1.34. The lowest BCUT2D eigenvalue weighted by molar-refractivity contribution is 0.260. The van der Waals surface area contributed by atoms with E-state index in [9.17, 15) is 0 Å². The average Bonchev–Trinajstić information content (AvgIpc) is 2.58. The summed E-state index contributed by atoms with van der Waals surface area (Å²) in [5.41, 5.74) is 1.21. The zero-order valence-electron chi connectivity index (χ0n) is 8.78. The number of rotatable bonds is 4. The van der Waals surface area contributed by atoms with Crippen LogP contribution in [0.4, 0.5) is 0 Å². The molecule has 0 aromatic heterocycles. The minimum Gasteiger partial charge on any atom is -0.0922 e. The van der Waals surface area contributed by atoms with E-state index in [1.807, 2.05) is 0 Å². The van der Waals surface area contributed by atoms with Crippen LogP contribution in [0.5, 0.6) is 0 Å². The Morgan fingerprint density at radius 3 is 1.75 bits per heavy atom. The highest BCUT2D eigenvalue weighted by molar-refractivity contribution is 9.09. The first-order valence-electron chi connectivity index (χ1n) is 5.10. The Kier molecular flexibility index (Phi) is 2.92. The van der Waals surface area contributed by atoms with E-state index in [0.29, 0.717) is 10.8 Å². The fraction of sp³-hybridized carbons (Fsp3) is 1.00. The molecule has 0 radical (unpaired) electrons. The lowest BCUT2D eigenvalue weighted by Crippen LogP contribution is -2.21. The molecule has 1 saturated carbocycles. The van der Waals surface area contributed by atoms with Crippen molar-refractivity contribution in [2.24, 2.45) is 16.7 Å². The molecular weight excluding hydrogens is 212 g/mol. The van der Waals surface area contributed by atoms with Gasteiger partial charge in [0.25, 0.3) is 0 Å². The maximum absolute atomic E-state index is 3.69. The largest absolute Gasteiger partial charge is 0.0922 e. The molecule has 0 nitrogen and oxygen atoms in total. The summed E-state index contributed by atoms with van der Waals surface area (Å²) in [5.74, 6) is 0.923. The van der Waals surface area contributed by atoms with Crippen LogP contribution in [0.3, 0.4) is 0 Å². The van der Waals surface area contributed by atoms with Gasteiger partial charge in [-0.05, 0) is 23.2 Å². The van der Waals surface area contributed by atoms with E-state index in [-0.39, 0.29) is 0 Å². The van der Waals surface area contributed by atoms with Gasteiger partial charge in [-0.25, -0.2) is 0 Å². The molecule has 0 aromatic carbocycles. The Morgan fingerprint density at radius 2 is 1.67 bits per heavy atom. The van der Waals surface area contributed by atoms with Crippen molar-refractivity contribution in [3.63, 3.8) is 0 Å². The van der Waals surface area contributed by atoms with Crippen LogP contribution in [0.25, 0.3) is 0 Å². The van der Waals surface area contributed by atoms with Crippen molar-refractivity contribution in [1.82, 2.24) is 0 Å². The first kappa shape index (κ1) is 10.6. The van der Waals surface area contributed by atoms with E-state index in [4.69, 9.17) is 0 Å².